The molecule has 0 fully saturated rings. The molecule has 0 bridgehead atoms. The van der Waals surface area contributed by atoms with Crippen molar-refractivity contribution >= 4 is 27.4 Å². The Morgan fingerprint density at radius 1 is 1.20 bits per heavy atom. The molecule has 1 atom stereocenters. The highest BCUT2D eigenvalue weighted by Crippen LogP contribution is 2.25. The van der Waals surface area contributed by atoms with Crippen molar-refractivity contribution in [3.8, 4) is 0 Å². The van der Waals surface area contributed by atoms with Crippen molar-refractivity contribution in [3.05, 3.63) is 17.3 Å². The first kappa shape index (κ1) is 15.2. The molecule has 2 rings (SSSR count). The third-order valence-electron chi connectivity index (χ3n) is 3.56. The zero-order chi connectivity index (χ0) is 14.4. The highest BCUT2D eigenvalue weighted by Gasteiger charge is 2.09. The molecule has 0 aliphatic rings. The van der Waals surface area contributed by atoms with Crippen molar-refractivity contribution in [1.82, 2.24) is 9.97 Å². The number of aryl methyl sites for hydroxylation is 1. The van der Waals surface area contributed by atoms with Crippen LogP contribution in [0.15, 0.2) is 11.4 Å². The van der Waals surface area contributed by atoms with Gasteiger partial charge in [0.15, 0.2) is 0 Å². The number of nitrogens with one attached hydrogen (secondary N) is 1. The quantitative estimate of drug-likeness (QED) is 0.683. The first-order valence-electron chi connectivity index (χ1n) is 7.69. The first-order valence-corrected chi connectivity index (χ1v) is 8.57. The molecule has 0 aliphatic carbocycles. The molecule has 0 aliphatic heterocycles. The van der Waals surface area contributed by atoms with Crippen LogP contribution < -0.4 is 5.32 Å². The van der Waals surface area contributed by atoms with E-state index in [-0.39, 0.29) is 0 Å². The molecule has 110 valence electrons. The number of thiophene rings is 1. The third-order valence-corrected chi connectivity index (χ3v) is 4.37. The van der Waals surface area contributed by atoms with Gasteiger partial charge >= 0.3 is 0 Å². The van der Waals surface area contributed by atoms with Gasteiger partial charge in [-0.2, -0.15) is 0 Å². The lowest BCUT2D eigenvalue weighted by molar-refractivity contribution is 0.578. The number of nitrogens with zero attached hydrogens (tertiary/aromatic N) is 2. The molecule has 3 nitrogen and oxygen atoms in total. The van der Waals surface area contributed by atoms with E-state index in [1.165, 1.54) is 38.5 Å². The van der Waals surface area contributed by atoms with E-state index in [9.17, 15) is 0 Å². The van der Waals surface area contributed by atoms with E-state index in [0.717, 1.165) is 21.9 Å². The van der Waals surface area contributed by atoms with Gasteiger partial charge in [0.25, 0.3) is 0 Å². The predicted molar refractivity (Wildman–Crippen MR) is 88.6 cm³/mol. The van der Waals surface area contributed by atoms with Gasteiger partial charge in [-0.3, -0.25) is 0 Å². The summed E-state index contributed by atoms with van der Waals surface area (Å²) >= 11 is 1.68. The first-order chi connectivity index (χ1) is 9.70. The number of unbranched alkanes of at least 4 members (excludes halogenated alkanes) is 4. The van der Waals surface area contributed by atoms with Crippen molar-refractivity contribution < 1.29 is 0 Å². The topological polar surface area (TPSA) is 37.8 Å². The van der Waals surface area contributed by atoms with Crippen molar-refractivity contribution in [2.75, 3.05) is 5.32 Å². The van der Waals surface area contributed by atoms with Crippen molar-refractivity contribution in [2.45, 2.75) is 65.3 Å². The highest BCUT2D eigenvalue weighted by atomic mass is 32.1. The lowest BCUT2D eigenvalue weighted by Gasteiger charge is -2.15. The molecule has 2 aromatic rings. The van der Waals surface area contributed by atoms with E-state index in [1.807, 2.05) is 6.92 Å². The summed E-state index contributed by atoms with van der Waals surface area (Å²) < 4.78 is 0. The Morgan fingerprint density at radius 2 is 2.00 bits per heavy atom. The second-order valence-electron chi connectivity index (χ2n) is 5.51. The zero-order valence-electron chi connectivity index (χ0n) is 12.8. The zero-order valence-corrected chi connectivity index (χ0v) is 13.6. The molecule has 4 heteroatoms. The standard InChI is InChI=1S/C16H25N3S/c1-4-5-6-7-8-9-12(2)17-15-14-10-11-20-16(14)19-13(3)18-15/h10-12H,4-9H2,1-3H3,(H,17,18,19). The Labute approximate surface area is 125 Å². The summed E-state index contributed by atoms with van der Waals surface area (Å²) in [5.74, 6) is 1.84. The number of hydrogen-bond donors (Lipinski definition) is 1. The summed E-state index contributed by atoms with van der Waals surface area (Å²) in [6.45, 7) is 6.46. The number of hydrogen-bond acceptors (Lipinski definition) is 4. The van der Waals surface area contributed by atoms with Crippen LogP contribution in [-0.4, -0.2) is 16.0 Å². The van der Waals surface area contributed by atoms with Gasteiger partial charge < -0.3 is 5.32 Å². The minimum absolute atomic E-state index is 0.467. The van der Waals surface area contributed by atoms with E-state index >= 15 is 0 Å². The maximum absolute atomic E-state index is 4.56. The summed E-state index contributed by atoms with van der Waals surface area (Å²) in [6.07, 6.45) is 7.89. The summed E-state index contributed by atoms with van der Waals surface area (Å²) in [4.78, 5) is 10.1. The van der Waals surface area contributed by atoms with Gasteiger partial charge in [-0.25, -0.2) is 9.97 Å². The number of anilines is 1. The van der Waals surface area contributed by atoms with Crippen LogP contribution in [-0.2, 0) is 0 Å². The average Bonchev–Trinajstić information content (AvgIpc) is 2.86. The Morgan fingerprint density at radius 3 is 2.80 bits per heavy atom. The molecule has 1 unspecified atom stereocenters. The average molecular weight is 291 g/mol. The monoisotopic (exact) mass is 291 g/mol. The third kappa shape index (κ3) is 4.17. The number of fused-ring (bicyclic) bond motifs is 1. The SMILES string of the molecule is CCCCCCCC(C)Nc1nc(C)nc2sccc12. The smallest absolute Gasteiger partial charge is 0.138 e. The molecule has 0 radical (unpaired) electrons. The van der Waals surface area contributed by atoms with Gasteiger partial charge in [0.1, 0.15) is 16.5 Å². The molecule has 1 N–H and O–H groups in total. The molecule has 2 aromatic heterocycles. The lowest BCUT2D eigenvalue weighted by atomic mass is 10.1. The molecule has 0 saturated heterocycles. The fraction of sp³-hybridized carbons (Fsp3) is 0.625. The second kappa shape index (κ2) is 7.58. The van der Waals surface area contributed by atoms with E-state index in [0.29, 0.717) is 6.04 Å². The van der Waals surface area contributed by atoms with Crippen LogP contribution in [0.4, 0.5) is 5.82 Å². The number of aromatic nitrogens is 2. The van der Waals surface area contributed by atoms with E-state index in [4.69, 9.17) is 0 Å². The van der Waals surface area contributed by atoms with E-state index < -0.39 is 0 Å². The van der Waals surface area contributed by atoms with Crippen molar-refractivity contribution in [3.63, 3.8) is 0 Å². The van der Waals surface area contributed by atoms with Gasteiger partial charge in [0.05, 0.1) is 5.39 Å². The summed E-state index contributed by atoms with van der Waals surface area (Å²) in [6, 6.07) is 2.57. The molecular weight excluding hydrogens is 266 g/mol. The Hall–Kier alpha value is -1.16. The lowest BCUT2D eigenvalue weighted by Crippen LogP contribution is -2.16. The van der Waals surface area contributed by atoms with Gasteiger partial charge in [0.2, 0.25) is 0 Å². The van der Waals surface area contributed by atoms with Crippen LogP contribution in [0.25, 0.3) is 10.2 Å². The summed E-state index contributed by atoms with van der Waals surface area (Å²) in [5.41, 5.74) is 0. The van der Waals surface area contributed by atoms with Gasteiger partial charge in [0, 0.05) is 6.04 Å². The van der Waals surface area contributed by atoms with Crippen LogP contribution >= 0.6 is 11.3 Å². The summed E-state index contributed by atoms with van der Waals surface area (Å²) in [5, 5.41) is 6.79. The maximum atomic E-state index is 4.56. The Bertz CT molecular complexity index is 536. The fourth-order valence-electron chi connectivity index (χ4n) is 2.43. The molecule has 0 saturated carbocycles. The summed E-state index contributed by atoms with van der Waals surface area (Å²) in [7, 11) is 0. The van der Waals surface area contributed by atoms with Crippen LogP contribution in [0.2, 0.25) is 0 Å². The highest BCUT2D eigenvalue weighted by molar-refractivity contribution is 7.16. The van der Waals surface area contributed by atoms with Crippen molar-refractivity contribution in [1.29, 1.82) is 0 Å². The fourth-order valence-corrected chi connectivity index (χ4v) is 3.24. The van der Waals surface area contributed by atoms with E-state index in [2.05, 4.69) is 40.6 Å². The number of rotatable bonds is 8. The molecule has 2 heterocycles. The van der Waals surface area contributed by atoms with Crippen LogP contribution in [0.3, 0.4) is 0 Å². The molecule has 0 aromatic carbocycles. The van der Waals surface area contributed by atoms with Gasteiger partial charge in [-0.15, -0.1) is 11.3 Å². The normalized spacial score (nSPS) is 12.8. The Balaban J connectivity index is 1.89. The molecular formula is C16H25N3S. The largest absolute Gasteiger partial charge is 0.367 e. The van der Waals surface area contributed by atoms with Gasteiger partial charge in [-0.1, -0.05) is 39.0 Å². The minimum Gasteiger partial charge on any atom is -0.367 e. The maximum Gasteiger partial charge on any atom is 0.138 e. The molecule has 0 amide bonds. The molecule has 20 heavy (non-hydrogen) atoms. The van der Waals surface area contributed by atoms with Crippen LogP contribution in [0.5, 0.6) is 0 Å². The second-order valence-corrected chi connectivity index (χ2v) is 6.40. The van der Waals surface area contributed by atoms with Gasteiger partial charge in [-0.05, 0) is 31.7 Å². The van der Waals surface area contributed by atoms with Crippen LogP contribution in [0, 0.1) is 6.92 Å². The van der Waals surface area contributed by atoms with Crippen molar-refractivity contribution in [2.24, 2.45) is 0 Å². The minimum atomic E-state index is 0.467. The Kier molecular flexibility index (Phi) is 5.77. The predicted octanol–water partition coefficient (Wildman–Crippen LogP) is 5.16. The van der Waals surface area contributed by atoms with Crippen LogP contribution in [0.1, 0.15) is 58.2 Å². The molecule has 0 spiro atoms. The van der Waals surface area contributed by atoms with E-state index in [1.54, 1.807) is 11.3 Å².